The summed E-state index contributed by atoms with van der Waals surface area (Å²) in [7, 11) is 0. The molecule has 0 saturated heterocycles. The van der Waals surface area contributed by atoms with Gasteiger partial charge in [0.15, 0.2) is 0 Å². The zero-order valence-corrected chi connectivity index (χ0v) is 8.48. The second kappa shape index (κ2) is 4.14. The zero-order valence-electron chi connectivity index (χ0n) is 7.72. The number of aromatic nitrogens is 2. The molecule has 0 aliphatic carbocycles. The first-order chi connectivity index (χ1) is 7.24. The molecule has 76 valence electrons. The van der Waals surface area contributed by atoms with Gasteiger partial charge in [0.1, 0.15) is 0 Å². The molecule has 2 rings (SSSR count). The third kappa shape index (κ3) is 2.57. The average Bonchev–Trinajstić information content (AvgIpc) is 2.64. The lowest BCUT2D eigenvalue weighted by atomic mass is 10.2. The number of halogens is 1. The van der Waals surface area contributed by atoms with Crippen molar-refractivity contribution in [3.05, 3.63) is 40.7 Å². The molecule has 2 N–H and O–H groups in total. The fraction of sp³-hybridized carbons (Fsp3) is 0. The van der Waals surface area contributed by atoms with Crippen molar-refractivity contribution in [1.82, 2.24) is 10.2 Å². The molecular formula is C10H8ClN3O. The molecule has 0 spiro atoms. The summed E-state index contributed by atoms with van der Waals surface area (Å²) in [6, 6.07) is 7.45. The molecule has 1 aromatic carbocycles. The van der Waals surface area contributed by atoms with E-state index in [4.69, 9.17) is 21.8 Å². The van der Waals surface area contributed by atoms with Crippen LogP contribution in [0.2, 0.25) is 5.02 Å². The Kier molecular flexibility index (Phi) is 2.69. The van der Waals surface area contributed by atoms with E-state index in [0.29, 0.717) is 10.9 Å². The third-order valence-corrected chi connectivity index (χ3v) is 2.00. The van der Waals surface area contributed by atoms with Gasteiger partial charge in [-0.3, -0.25) is 0 Å². The van der Waals surface area contributed by atoms with E-state index in [-0.39, 0.29) is 6.01 Å². The van der Waals surface area contributed by atoms with E-state index < -0.39 is 0 Å². The van der Waals surface area contributed by atoms with Gasteiger partial charge in [0.05, 0.1) is 0 Å². The number of benzene rings is 1. The maximum Gasteiger partial charge on any atom is 0.313 e. The first kappa shape index (κ1) is 9.73. The van der Waals surface area contributed by atoms with Crippen molar-refractivity contribution in [1.29, 1.82) is 0 Å². The molecule has 0 radical (unpaired) electrons. The quantitative estimate of drug-likeness (QED) is 0.846. The Labute approximate surface area is 91.4 Å². The van der Waals surface area contributed by atoms with Crippen LogP contribution in [0.1, 0.15) is 11.5 Å². The Morgan fingerprint density at radius 1 is 1.13 bits per heavy atom. The number of rotatable bonds is 2. The summed E-state index contributed by atoms with van der Waals surface area (Å²) >= 11 is 5.75. The lowest BCUT2D eigenvalue weighted by molar-refractivity contribution is 0.563. The monoisotopic (exact) mass is 221 g/mol. The highest BCUT2D eigenvalue weighted by molar-refractivity contribution is 6.30. The molecule has 0 aliphatic heterocycles. The van der Waals surface area contributed by atoms with Gasteiger partial charge in [0, 0.05) is 11.1 Å². The predicted octanol–water partition coefficient (Wildman–Crippen LogP) is 2.48. The van der Waals surface area contributed by atoms with Crippen molar-refractivity contribution in [2.75, 3.05) is 5.73 Å². The summed E-state index contributed by atoms with van der Waals surface area (Å²) in [5, 5.41) is 7.93. The molecular weight excluding hydrogens is 214 g/mol. The molecule has 0 bridgehead atoms. The number of anilines is 1. The second-order valence-corrected chi connectivity index (χ2v) is 3.30. The summed E-state index contributed by atoms with van der Waals surface area (Å²) in [6.07, 6.45) is 3.52. The lowest BCUT2D eigenvalue weighted by Crippen LogP contribution is -1.81. The minimum atomic E-state index is 0.0609. The van der Waals surface area contributed by atoms with E-state index >= 15 is 0 Å². The summed E-state index contributed by atoms with van der Waals surface area (Å²) in [4.78, 5) is 0. The normalized spacial score (nSPS) is 11.0. The minimum absolute atomic E-state index is 0.0609. The van der Waals surface area contributed by atoms with Crippen molar-refractivity contribution in [2.24, 2.45) is 0 Å². The fourth-order valence-corrected chi connectivity index (χ4v) is 1.18. The zero-order chi connectivity index (χ0) is 10.7. The van der Waals surface area contributed by atoms with E-state index in [1.807, 2.05) is 30.3 Å². The Balaban J connectivity index is 2.14. The van der Waals surface area contributed by atoms with Crippen LogP contribution in [-0.4, -0.2) is 10.2 Å². The molecule has 0 atom stereocenters. The number of nitrogen functional groups attached to an aromatic ring is 1. The molecule has 15 heavy (non-hydrogen) atoms. The molecule has 0 amide bonds. The predicted molar refractivity (Wildman–Crippen MR) is 59.1 cm³/mol. The molecule has 0 aliphatic rings. The van der Waals surface area contributed by atoms with E-state index in [2.05, 4.69) is 10.2 Å². The molecule has 2 aromatic rings. The van der Waals surface area contributed by atoms with Crippen LogP contribution in [0, 0.1) is 0 Å². The minimum Gasteiger partial charge on any atom is -0.404 e. The van der Waals surface area contributed by atoms with Gasteiger partial charge in [0.2, 0.25) is 5.89 Å². The van der Waals surface area contributed by atoms with Crippen LogP contribution < -0.4 is 5.73 Å². The van der Waals surface area contributed by atoms with Crippen molar-refractivity contribution in [3.8, 4) is 0 Å². The molecule has 1 heterocycles. The van der Waals surface area contributed by atoms with Crippen LogP contribution in [0.4, 0.5) is 6.01 Å². The molecule has 0 fully saturated rings. The standard InChI is InChI=1S/C10H8ClN3O/c11-8-4-1-7(2-5-8)3-6-9-13-14-10(12)15-9/h1-6H,(H2,12,14). The average molecular weight is 222 g/mol. The van der Waals surface area contributed by atoms with Crippen molar-refractivity contribution in [2.45, 2.75) is 0 Å². The van der Waals surface area contributed by atoms with Gasteiger partial charge in [-0.25, -0.2) is 0 Å². The number of hydrogen-bond donors (Lipinski definition) is 1. The van der Waals surface area contributed by atoms with E-state index in [9.17, 15) is 0 Å². The summed E-state index contributed by atoms with van der Waals surface area (Å²) < 4.78 is 4.97. The Bertz CT molecular complexity index is 476. The van der Waals surface area contributed by atoms with E-state index in [1.165, 1.54) is 0 Å². The SMILES string of the molecule is Nc1nnc(C=Cc2ccc(Cl)cc2)o1. The smallest absolute Gasteiger partial charge is 0.313 e. The van der Waals surface area contributed by atoms with Gasteiger partial charge in [0.25, 0.3) is 0 Å². The van der Waals surface area contributed by atoms with Crippen LogP contribution >= 0.6 is 11.6 Å². The highest BCUT2D eigenvalue weighted by Gasteiger charge is 1.96. The third-order valence-electron chi connectivity index (χ3n) is 1.74. The molecule has 5 heteroatoms. The topological polar surface area (TPSA) is 64.9 Å². The van der Waals surface area contributed by atoms with Crippen LogP contribution in [0.3, 0.4) is 0 Å². The van der Waals surface area contributed by atoms with Gasteiger partial charge in [-0.1, -0.05) is 28.8 Å². The summed E-state index contributed by atoms with van der Waals surface area (Å²) in [6.45, 7) is 0. The highest BCUT2D eigenvalue weighted by Crippen LogP contribution is 2.12. The van der Waals surface area contributed by atoms with Gasteiger partial charge >= 0.3 is 6.01 Å². The second-order valence-electron chi connectivity index (χ2n) is 2.86. The van der Waals surface area contributed by atoms with E-state index in [0.717, 1.165) is 5.56 Å². The van der Waals surface area contributed by atoms with Crippen LogP contribution in [0.25, 0.3) is 12.2 Å². The maximum absolute atomic E-state index is 5.75. The van der Waals surface area contributed by atoms with E-state index in [1.54, 1.807) is 6.08 Å². The van der Waals surface area contributed by atoms with Crippen molar-refractivity contribution >= 4 is 29.8 Å². The fourth-order valence-electron chi connectivity index (χ4n) is 1.06. The molecule has 0 unspecified atom stereocenters. The number of hydrogen-bond acceptors (Lipinski definition) is 4. The molecule has 1 aromatic heterocycles. The van der Waals surface area contributed by atoms with Crippen molar-refractivity contribution in [3.63, 3.8) is 0 Å². The van der Waals surface area contributed by atoms with Gasteiger partial charge in [-0.2, -0.15) is 0 Å². The Morgan fingerprint density at radius 2 is 1.87 bits per heavy atom. The van der Waals surface area contributed by atoms with Crippen LogP contribution in [-0.2, 0) is 0 Å². The summed E-state index contributed by atoms with van der Waals surface area (Å²) in [5.41, 5.74) is 6.27. The Hall–Kier alpha value is -1.81. The highest BCUT2D eigenvalue weighted by atomic mass is 35.5. The lowest BCUT2D eigenvalue weighted by Gasteiger charge is -1.91. The number of nitrogens with zero attached hydrogens (tertiary/aromatic N) is 2. The van der Waals surface area contributed by atoms with Crippen LogP contribution in [0.5, 0.6) is 0 Å². The molecule has 4 nitrogen and oxygen atoms in total. The number of nitrogens with two attached hydrogens (primary N) is 1. The largest absolute Gasteiger partial charge is 0.404 e. The van der Waals surface area contributed by atoms with Crippen molar-refractivity contribution < 1.29 is 4.42 Å². The van der Waals surface area contributed by atoms with Gasteiger partial charge in [-0.15, -0.1) is 5.10 Å². The van der Waals surface area contributed by atoms with Crippen LogP contribution in [0.15, 0.2) is 28.7 Å². The Morgan fingerprint density at radius 3 is 2.47 bits per heavy atom. The summed E-state index contributed by atoms with van der Waals surface area (Å²) in [5.74, 6) is 0.377. The molecule has 0 saturated carbocycles. The first-order valence-corrected chi connectivity index (χ1v) is 4.64. The first-order valence-electron chi connectivity index (χ1n) is 4.27. The van der Waals surface area contributed by atoms with Gasteiger partial charge in [-0.05, 0) is 23.8 Å². The maximum atomic E-state index is 5.75. The van der Waals surface area contributed by atoms with Gasteiger partial charge < -0.3 is 10.2 Å².